The Labute approximate surface area is 159 Å². The van der Waals surface area contributed by atoms with E-state index in [4.69, 9.17) is 4.74 Å². The Morgan fingerprint density at radius 3 is 2.42 bits per heavy atom. The van der Waals surface area contributed by atoms with Gasteiger partial charge in [0.15, 0.2) is 6.10 Å². The molecule has 2 rings (SSSR count). The zero-order valence-electron chi connectivity index (χ0n) is 15.6. The standard InChI is InChI=1S/C21H25NO3S/c1-5-14(2)16-10-6-8-12-18(16)22-20(23)15(3)25-21(24)17-11-7-9-13-19(17)26-4/h6-15H,5H2,1-4H3,(H,22,23)/t14-,15+/m0/s1. The van der Waals surface area contributed by atoms with Crippen molar-refractivity contribution in [2.45, 2.75) is 44.1 Å². The number of hydrogen-bond donors (Lipinski definition) is 1. The van der Waals surface area contributed by atoms with Crippen LogP contribution in [0, 0.1) is 0 Å². The monoisotopic (exact) mass is 371 g/mol. The number of thioether (sulfide) groups is 1. The number of hydrogen-bond acceptors (Lipinski definition) is 4. The Morgan fingerprint density at radius 1 is 1.08 bits per heavy atom. The van der Waals surface area contributed by atoms with Crippen LogP contribution >= 0.6 is 11.8 Å². The summed E-state index contributed by atoms with van der Waals surface area (Å²) in [5.74, 6) is -0.499. The van der Waals surface area contributed by atoms with Gasteiger partial charge in [0.25, 0.3) is 5.91 Å². The Balaban J connectivity index is 2.08. The SMILES string of the molecule is CC[C@H](C)c1ccccc1NC(=O)[C@@H](C)OC(=O)c1ccccc1SC. The lowest BCUT2D eigenvalue weighted by molar-refractivity contribution is -0.123. The first-order valence-electron chi connectivity index (χ1n) is 8.71. The molecule has 2 aromatic carbocycles. The molecule has 0 radical (unpaired) electrons. The predicted octanol–water partition coefficient (Wildman–Crippen LogP) is 5.11. The second-order valence-corrected chi connectivity index (χ2v) is 6.98. The molecule has 26 heavy (non-hydrogen) atoms. The minimum atomic E-state index is -0.887. The van der Waals surface area contributed by atoms with Gasteiger partial charge in [-0.3, -0.25) is 4.79 Å². The molecular weight excluding hydrogens is 346 g/mol. The molecule has 0 spiro atoms. The van der Waals surface area contributed by atoms with Crippen LogP contribution in [0.25, 0.3) is 0 Å². The minimum absolute atomic E-state index is 0.331. The third-order valence-corrected chi connectivity index (χ3v) is 5.14. The average Bonchev–Trinajstić information content (AvgIpc) is 2.67. The summed E-state index contributed by atoms with van der Waals surface area (Å²) >= 11 is 1.47. The highest BCUT2D eigenvalue weighted by molar-refractivity contribution is 7.98. The maximum atomic E-state index is 12.5. The van der Waals surface area contributed by atoms with E-state index in [2.05, 4.69) is 19.2 Å². The molecule has 0 saturated carbocycles. The number of carbonyl (C=O) groups is 2. The van der Waals surface area contributed by atoms with Crippen molar-refractivity contribution in [1.82, 2.24) is 0 Å². The molecule has 5 heteroatoms. The molecule has 0 aliphatic rings. The molecule has 4 nitrogen and oxygen atoms in total. The quantitative estimate of drug-likeness (QED) is 0.543. The Hall–Kier alpha value is -2.27. The van der Waals surface area contributed by atoms with Crippen LogP contribution in [0.15, 0.2) is 53.4 Å². The zero-order valence-corrected chi connectivity index (χ0v) is 16.4. The van der Waals surface area contributed by atoms with Crippen LogP contribution in [0.4, 0.5) is 5.69 Å². The Bertz CT molecular complexity index is 775. The summed E-state index contributed by atoms with van der Waals surface area (Å²) in [6.45, 7) is 5.81. The lowest BCUT2D eigenvalue weighted by atomic mass is 9.97. The fraction of sp³-hybridized carbons (Fsp3) is 0.333. The molecule has 0 saturated heterocycles. The topological polar surface area (TPSA) is 55.4 Å². The van der Waals surface area contributed by atoms with Crippen molar-refractivity contribution >= 4 is 29.3 Å². The number of carbonyl (C=O) groups excluding carboxylic acids is 2. The molecule has 1 amide bonds. The highest BCUT2D eigenvalue weighted by Crippen LogP contribution is 2.27. The number of esters is 1. The summed E-state index contributed by atoms with van der Waals surface area (Å²) in [6, 6.07) is 14.9. The molecule has 1 N–H and O–H groups in total. The normalized spacial score (nSPS) is 12.9. The zero-order chi connectivity index (χ0) is 19.1. The molecule has 0 bridgehead atoms. The molecule has 138 valence electrons. The molecule has 2 atom stereocenters. The smallest absolute Gasteiger partial charge is 0.340 e. The average molecular weight is 372 g/mol. The number of benzene rings is 2. The molecule has 0 unspecified atom stereocenters. The minimum Gasteiger partial charge on any atom is -0.449 e. The van der Waals surface area contributed by atoms with Crippen LogP contribution in [0.2, 0.25) is 0 Å². The van der Waals surface area contributed by atoms with E-state index in [9.17, 15) is 9.59 Å². The lowest BCUT2D eigenvalue weighted by Gasteiger charge is -2.18. The van der Waals surface area contributed by atoms with Crippen LogP contribution in [0.5, 0.6) is 0 Å². The fourth-order valence-corrected chi connectivity index (χ4v) is 3.17. The van der Waals surface area contributed by atoms with Gasteiger partial charge in [0.2, 0.25) is 0 Å². The highest BCUT2D eigenvalue weighted by Gasteiger charge is 2.21. The van der Waals surface area contributed by atoms with Crippen LogP contribution in [-0.4, -0.2) is 24.2 Å². The van der Waals surface area contributed by atoms with Gasteiger partial charge < -0.3 is 10.1 Å². The number of amides is 1. The van der Waals surface area contributed by atoms with E-state index in [1.165, 1.54) is 11.8 Å². The van der Waals surface area contributed by atoms with Gasteiger partial charge in [-0.05, 0) is 49.3 Å². The van der Waals surface area contributed by atoms with E-state index >= 15 is 0 Å². The summed E-state index contributed by atoms with van der Waals surface area (Å²) in [5, 5.41) is 2.89. The van der Waals surface area contributed by atoms with E-state index in [1.54, 1.807) is 19.1 Å². The summed E-state index contributed by atoms with van der Waals surface area (Å²) in [4.78, 5) is 25.7. The molecule has 0 aromatic heterocycles. The van der Waals surface area contributed by atoms with Gasteiger partial charge >= 0.3 is 5.97 Å². The van der Waals surface area contributed by atoms with Crippen LogP contribution in [0.3, 0.4) is 0 Å². The van der Waals surface area contributed by atoms with Gasteiger partial charge in [-0.2, -0.15) is 0 Å². The van der Waals surface area contributed by atoms with Gasteiger partial charge in [0, 0.05) is 10.6 Å². The maximum Gasteiger partial charge on any atom is 0.340 e. The van der Waals surface area contributed by atoms with Crippen LogP contribution in [-0.2, 0) is 9.53 Å². The fourth-order valence-electron chi connectivity index (χ4n) is 2.59. The van der Waals surface area contributed by atoms with Crippen molar-refractivity contribution in [2.24, 2.45) is 0 Å². The van der Waals surface area contributed by atoms with E-state index in [-0.39, 0.29) is 5.91 Å². The summed E-state index contributed by atoms with van der Waals surface area (Å²) in [7, 11) is 0. The van der Waals surface area contributed by atoms with E-state index < -0.39 is 12.1 Å². The lowest BCUT2D eigenvalue weighted by Crippen LogP contribution is -2.30. The number of anilines is 1. The molecular formula is C21H25NO3S. The van der Waals surface area contributed by atoms with E-state index in [0.717, 1.165) is 22.6 Å². The Morgan fingerprint density at radius 2 is 1.73 bits per heavy atom. The first kappa shape index (κ1) is 20.0. The number of rotatable bonds is 7. The maximum absolute atomic E-state index is 12.5. The second-order valence-electron chi connectivity index (χ2n) is 6.13. The summed E-state index contributed by atoms with van der Waals surface area (Å²) in [5.41, 5.74) is 2.31. The van der Waals surface area contributed by atoms with Crippen LogP contribution < -0.4 is 5.32 Å². The summed E-state index contributed by atoms with van der Waals surface area (Å²) in [6.07, 6.45) is 1.99. The van der Waals surface area contributed by atoms with Crippen molar-refractivity contribution < 1.29 is 14.3 Å². The van der Waals surface area contributed by atoms with Crippen molar-refractivity contribution in [2.75, 3.05) is 11.6 Å². The number of ether oxygens (including phenoxy) is 1. The number of nitrogens with one attached hydrogen (secondary N) is 1. The first-order chi connectivity index (χ1) is 12.5. The predicted molar refractivity (Wildman–Crippen MR) is 107 cm³/mol. The molecule has 0 fully saturated rings. The third-order valence-electron chi connectivity index (χ3n) is 4.34. The molecule has 0 aliphatic heterocycles. The first-order valence-corrected chi connectivity index (χ1v) is 9.94. The van der Waals surface area contributed by atoms with Crippen molar-refractivity contribution in [3.05, 3.63) is 59.7 Å². The van der Waals surface area contributed by atoms with Crippen molar-refractivity contribution in [3.63, 3.8) is 0 Å². The van der Waals surface area contributed by atoms with Gasteiger partial charge in [0.05, 0.1) is 5.56 Å². The van der Waals surface area contributed by atoms with Gasteiger partial charge in [-0.1, -0.05) is 44.2 Å². The molecule has 0 heterocycles. The largest absolute Gasteiger partial charge is 0.449 e. The van der Waals surface area contributed by atoms with Crippen molar-refractivity contribution in [3.8, 4) is 0 Å². The number of para-hydroxylation sites is 1. The summed E-state index contributed by atoms with van der Waals surface area (Å²) < 4.78 is 5.38. The van der Waals surface area contributed by atoms with Gasteiger partial charge in [0.1, 0.15) is 0 Å². The van der Waals surface area contributed by atoms with Crippen LogP contribution in [0.1, 0.15) is 49.0 Å². The Kier molecular flexibility index (Phi) is 7.27. The van der Waals surface area contributed by atoms with E-state index in [0.29, 0.717) is 11.5 Å². The van der Waals surface area contributed by atoms with Crippen molar-refractivity contribution in [1.29, 1.82) is 0 Å². The van der Waals surface area contributed by atoms with Gasteiger partial charge in [-0.15, -0.1) is 11.8 Å². The molecule has 0 aliphatic carbocycles. The van der Waals surface area contributed by atoms with E-state index in [1.807, 2.05) is 42.7 Å². The second kappa shape index (κ2) is 9.43. The molecule has 2 aromatic rings. The van der Waals surface area contributed by atoms with Gasteiger partial charge in [-0.25, -0.2) is 4.79 Å². The highest BCUT2D eigenvalue weighted by atomic mass is 32.2. The third kappa shape index (κ3) is 4.88.